The Hall–Kier alpha value is -3.28. The summed E-state index contributed by atoms with van der Waals surface area (Å²) in [4.78, 5) is 23.6. The molecule has 0 saturated heterocycles. The standard InChI is InChI=1S/C20H22N4O2/c1-15(17-9-5-3-6-10-17)21-23-19(25)13-14-20(26)24-22-16(2)18-11-7-4-8-12-18/h3-12H,13-14H2,1-2H3,(H,23,25)(H,24,26)/b21-15+,22-16+. The molecule has 0 bridgehead atoms. The lowest BCUT2D eigenvalue weighted by molar-refractivity contribution is -0.126. The second-order valence-corrected chi connectivity index (χ2v) is 5.70. The van der Waals surface area contributed by atoms with Crippen molar-refractivity contribution in [3.05, 3.63) is 71.8 Å². The van der Waals surface area contributed by atoms with Crippen molar-refractivity contribution in [2.45, 2.75) is 26.7 Å². The third kappa shape index (κ3) is 6.32. The van der Waals surface area contributed by atoms with Crippen LogP contribution in [0.25, 0.3) is 0 Å². The molecule has 6 nitrogen and oxygen atoms in total. The molecule has 0 fully saturated rings. The van der Waals surface area contributed by atoms with Crippen molar-refractivity contribution in [3.8, 4) is 0 Å². The fourth-order valence-corrected chi connectivity index (χ4v) is 2.12. The fourth-order valence-electron chi connectivity index (χ4n) is 2.12. The summed E-state index contributed by atoms with van der Waals surface area (Å²) < 4.78 is 0. The number of nitrogens with zero attached hydrogens (tertiary/aromatic N) is 2. The van der Waals surface area contributed by atoms with Gasteiger partial charge in [-0.15, -0.1) is 0 Å². The van der Waals surface area contributed by atoms with Gasteiger partial charge < -0.3 is 0 Å². The summed E-state index contributed by atoms with van der Waals surface area (Å²) in [7, 11) is 0. The molecule has 0 aliphatic heterocycles. The van der Waals surface area contributed by atoms with Crippen LogP contribution in [0.3, 0.4) is 0 Å². The summed E-state index contributed by atoms with van der Waals surface area (Å²) in [6.45, 7) is 3.62. The molecule has 2 N–H and O–H groups in total. The molecule has 0 heterocycles. The Kier molecular flexibility index (Phi) is 7.24. The highest BCUT2D eigenvalue weighted by atomic mass is 16.2. The van der Waals surface area contributed by atoms with Gasteiger partial charge in [0.25, 0.3) is 0 Å². The third-order valence-corrected chi connectivity index (χ3v) is 3.66. The second kappa shape index (κ2) is 9.88. The maximum absolute atomic E-state index is 11.8. The molecule has 2 rings (SSSR count). The van der Waals surface area contributed by atoms with E-state index in [4.69, 9.17) is 0 Å². The van der Waals surface area contributed by atoms with Crippen LogP contribution < -0.4 is 10.9 Å². The summed E-state index contributed by atoms with van der Waals surface area (Å²) in [6.07, 6.45) is 0.0780. The molecule has 0 aliphatic carbocycles. The quantitative estimate of drug-likeness (QED) is 0.594. The number of carbonyl (C=O) groups is 2. The van der Waals surface area contributed by atoms with E-state index in [0.717, 1.165) is 11.1 Å². The molecule has 0 spiro atoms. The topological polar surface area (TPSA) is 82.9 Å². The van der Waals surface area contributed by atoms with E-state index in [1.807, 2.05) is 74.5 Å². The zero-order valence-electron chi connectivity index (χ0n) is 14.9. The minimum Gasteiger partial charge on any atom is -0.273 e. The zero-order chi connectivity index (χ0) is 18.8. The van der Waals surface area contributed by atoms with E-state index in [-0.39, 0.29) is 24.7 Å². The first kappa shape index (κ1) is 19.1. The number of hydrazone groups is 2. The summed E-state index contributed by atoms with van der Waals surface area (Å²) in [5.74, 6) is -0.640. The predicted molar refractivity (Wildman–Crippen MR) is 103 cm³/mol. The molecule has 26 heavy (non-hydrogen) atoms. The number of amides is 2. The lowest BCUT2D eigenvalue weighted by Crippen LogP contribution is -2.24. The third-order valence-electron chi connectivity index (χ3n) is 3.66. The van der Waals surface area contributed by atoms with Crippen LogP contribution in [0.5, 0.6) is 0 Å². The van der Waals surface area contributed by atoms with Crippen molar-refractivity contribution in [3.63, 3.8) is 0 Å². The molecule has 2 aromatic carbocycles. The van der Waals surface area contributed by atoms with E-state index < -0.39 is 0 Å². The smallest absolute Gasteiger partial charge is 0.240 e. The Labute approximate surface area is 153 Å². The highest BCUT2D eigenvalue weighted by molar-refractivity contribution is 6.00. The maximum atomic E-state index is 11.8. The molecule has 0 atom stereocenters. The number of hydrogen-bond acceptors (Lipinski definition) is 4. The average molecular weight is 350 g/mol. The fraction of sp³-hybridized carbons (Fsp3) is 0.200. The van der Waals surface area contributed by atoms with E-state index >= 15 is 0 Å². The summed E-state index contributed by atoms with van der Waals surface area (Å²) in [5, 5.41) is 8.09. The number of hydrogen-bond donors (Lipinski definition) is 2. The first-order valence-electron chi connectivity index (χ1n) is 8.33. The van der Waals surface area contributed by atoms with E-state index in [1.165, 1.54) is 0 Å². The molecular weight excluding hydrogens is 328 g/mol. The van der Waals surface area contributed by atoms with Gasteiger partial charge in [0.15, 0.2) is 0 Å². The Morgan fingerprint density at radius 1 is 0.692 bits per heavy atom. The molecule has 0 aliphatic rings. The van der Waals surface area contributed by atoms with Crippen molar-refractivity contribution < 1.29 is 9.59 Å². The first-order chi connectivity index (χ1) is 12.6. The van der Waals surface area contributed by atoms with Crippen molar-refractivity contribution >= 4 is 23.2 Å². The second-order valence-electron chi connectivity index (χ2n) is 5.70. The van der Waals surface area contributed by atoms with Gasteiger partial charge in [-0.2, -0.15) is 10.2 Å². The van der Waals surface area contributed by atoms with Crippen LogP contribution in [0.2, 0.25) is 0 Å². The van der Waals surface area contributed by atoms with Crippen molar-refractivity contribution in [2.75, 3.05) is 0 Å². The molecule has 0 unspecified atom stereocenters. The normalized spacial score (nSPS) is 11.8. The molecule has 6 heteroatoms. The highest BCUT2D eigenvalue weighted by Crippen LogP contribution is 2.01. The summed E-state index contributed by atoms with van der Waals surface area (Å²) in [5.41, 5.74) is 8.18. The summed E-state index contributed by atoms with van der Waals surface area (Å²) >= 11 is 0. The Balaban J connectivity index is 1.76. The molecule has 0 radical (unpaired) electrons. The molecular formula is C20H22N4O2. The molecule has 2 aromatic rings. The van der Waals surface area contributed by atoms with Gasteiger partial charge in [0.05, 0.1) is 11.4 Å². The van der Waals surface area contributed by atoms with Crippen LogP contribution in [0, 0.1) is 0 Å². The Bertz CT molecular complexity index is 730. The van der Waals surface area contributed by atoms with Crippen LogP contribution in [0.15, 0.2) is 70.9 Å². The van der Waals surface area contributed by atoms with E-state index in [9.17, 15) is 9.59 Å². The number of nitrogens with one attached hydrogen (secondary N) is 2. The van der Waals surface area contributed by atoms with Gasteiger partial charge in [-0.3, -0.25) is 9.59 Å². The molecule has 0 aromatic heterocycles. The molecule has 0 saturated carbocycles. The maximum Gasteiger partial charge on any atom is 0.240 e. The van der Waals surface area contributed by atoms with Crippen molar-refractivity contribution in [1.29, 1.82) is 0 Å². The number of benzene rings is 2. The van der Waals surface area contributed by atoms with E-state index in [2.05, 4.69) is 21.1 Å². The SMILES string of the molecule is C/C(=N\NC(=O)CCC(=O)N/N=C(\C)c1ccccc1)c1ccccc1. The van der Waals surface area contributed by atoms with E-state index in [1.54, 1.807) is 0 Å². The van der Waals surface area contributed by atoms with Crippen LogP contribution in [-0.4, -0.2) is 23.2 Å². The lowest BCUT2D eigenvalue weighted by Gasteiger charge is -2.04. The van der Waals surface area contributed by atoms with Crippen LogP contribution in [0.1, 0.15) is 37.8 Å². The number of rotatable bonds is 7. The van der Waals surface area contributed by atoms with Crippen molar-refractivity contribution in [2.24, 2.45) is 10.2 Å². The van der Waals surface area contributed by atoms with Crippen LogP contribution in [-0.2, 0) is 9.59 Å². The molecule has 2 amide bonds. The van der Waals surface area contributed by atoms with Crippen LogP contribution >= 0.6 is 0 Å². The van der Waals surface area contributed by atoms with Crippen LogP contribution in [0.4, 0.5) is 0 Å². The molecule has 134 valence electrons. The van der Waals surface area contributed by atoms with Gasteiger partial charge in [-0.05, 0) is 25.0 Å². The van der Waals surface area contributed by atoms with Gasteiger partial charge >= 0.3 is 0 Å². The van der Waals surface area contributed by atoms with E-state index in [0.29, 0.717) is 11.4 Å². The zero-order valence-corrected chi connectivity index (χ0v) is 14.9. The average Bonchev–Trinajstić information content (AvgIpc) is 2.69. The largest absolute Gasteiger partial charge is 0.273 e. The van der Waals surface area contributed by atoms with Gasteiger partial charge in [0.2, 0.25) is 11.8 Å². The highest BCUT2D eigenvalue weighted by Gasteiger charge is 2.06. The van der Waals surface area contributed by atoms with Gasteiger partial charge in [-0.1, -0.05) is 60.7 Å². The minimum atomic E-state index is -0.320. The number of carbonyl (C=O) groups excluding carboxylic acids is 2. The first-order valence-corrected chi connectivity index (χ1v) is 8.33. The Morgan fingerprint density at radius 2 is 1.04 bits per heavy atom. The van der Waals surface area contributed by atoms with Crippen molar-refractivity contribution in [1.82, 2.24) is 10.9 Å². The van der Waals surface area contributed by atoms with Gasteiger partial charge in [-0.25, -0.2) is 10.9 Å². The summed E-state index contributed by atoms with van der Waals surface area (Å²) in [6, 6.07) is 19.1. The monoisotopic (exact) mass is 350 g/mol. The Morgan fingerprint density at radius 3 is 1.38 bits per heavy atom. The lowest BCUT2D eigenvalue weighted by atomic mass is 10.1. The predicted octanol–water partition coefficient (Wildman–Crippen LogP) is 2.85. The minimum absolute atomic E-state index is 0.0390. The van der Waals surface area contributed by atoms with Gasteiger partial charge in [0.1, 0.15) is 0 Å². The van der Waals surface area contributed by atoms with Gasteiger partial charge in [0, 0.05) is 12.8 Å².